The lowest BCUT2D eigenvalue weighted by Crippen LogP contribution is -2.56. The van der Waals surface area contributed by atoms with Crippen molar-refractivity contribution >= 4 is 15.9 Å². The highest BCUT2D eigenvalue weighted by atomic mass is 32.2. The van der Waals surface area contributed by atoms with E-state index < -0.39 is 16.1 Å². The van der Waals surface area contributed by atoms with E-state index in [1.54, 1.807) is 31.2 Å². The van der Waals surface area contributed by atoms with Gasteiger partial charge in [0, 0.05) is 0 Å². The number of hydrogen-bond acceptors (Lipinski definition) is 3. The van der Waals surface area contributed by atoms with Crippen molar-refractivity contribution < 1.29 is 13.2 Å². The number of amides is 1. The third-order valence-corrected chi connectivity index (χ3v) is 5.84. The van der Waals surface area contributed by atoms with Gasteiger partial charge in [-0.05, 0) is 24.6 Å². The van der Waals surface area contributed by atoms with E-state index in [0.29, 0.717) is 0 Å². The second-order valence-corrected chi connectivity index (χ2v) is 7.41. The van der Waals surface area contributed by atoms with Crippen molar-refractivity contribution in [3.8, 4) is 0 Å². The molecule has 0 N–H and O–H groups in total. The van der Waals surface area contributed by atoms with Crippen molar-refractivity contribution in [1.82, 2.24) is 4.31 Å². The van der Waals surface area contributed by atoms with E-state index >= 15 is 0 Å². The number of β-lactam (4-membered cyclic amide) rings is 1. The third kappa shape index (κ3) is 2.22. The van der Waals surface area contributed by atoms with Crippen molar-refractivity contribution in [2.45, 2.75) is 24.8 Å². The van der Waals surface area contributed by atoms with E-state index in [1.165, 1.54) is 0 Å². The second-order valence-electron chi connectivity index (χ2n) is 5.60. The molecule has 22 heavy (non-hydrogen) atoms. The standard InChI is InChI=1S/C17H17NO3S/c1-12-8-10-15(11-9-12)22(20,21)18-16(13(2)17(18)19)14-6-4-3-5-7-14/h3-11,13,16H,1-2H3. The summed E-state index contributed by atoms with van der Waals surface area (Å²) in [5.41, 5.74) is 1.81. The maximum absolute atomic E-state index is 12.8. The van der Waals surface area contributed by atoms with Crippen LogP contribution in [-0.4, -0.2) is 18.6 Å². The zero-order valence-electron chi connectivity index (χ0n) is 12.4. The zero-order valence-corrected chi connectivity index (χ0v) is 13.2. The summed E-state index contributed by atoms with van der Waals surface area (Å²) >= 11 is 0. The Balaban J connectivity index is 2.02. The van der Waals surface area contributed by atoms with Gasteiger partial charge in [-0.15, -0.1) is 0 Å². The Bertz CT molecular complexity index is 798. The molecule has 0 spiro atoms. The Labute approximate surface area is 130 Å². The molecule has 0 aromatic heterocycles. The highest BCUT2D eigenvalue weighted by Gasteiger charge is 2.51. The van der Waals surface area contributed by atoms with Crippen LogP contribution in [0.5, 0.6) is 0 Å². The van der Waals surface area contributed by atoms with Gasteiger partial charge in [-0.3, -0.25) is 4.79 Å². The number of rotatable bonds is 3. The molecular weight excluding hydrogens is 298 g/mol. The lowest BCUT2D eigenvalue weighted by atomic mass is 9.87. The maximum Gasteiger partial charge on any atom is 0.267 e. The molecule has 114 valence electrons. The van der Waals surface area contributed by atoms with Gasteiger partial charge in [-0.25, -0.2) is 12.7 Å². The molecule has 1 amide bonds. The molecule has 3 rings (SSSR count). The van der Waals surface area contributed by atoms with Gasteiger partial charge >= 0.3 is 0 Å². The van der Waals surface area contributed by atoms with Gasteiger partial charge in [-0.2, -0.15) is 0 Å². The largest absolute Gasteiger partial charge is 0.273 e. The number of sulfonamides is 1. The first-order chi connectivity index (χ1) is 10.4. The van der Waals surface area contributed by atoms with Gasteiger partial charge in [0.2, 0.25) is 5.91 Å². The molecule has 0 bridgehead atoms. The molecule has 1 saturated heterocycles. The average molecular weight is 315 g/mol. The third-order valence-electron chi connectivity index (χ3n) is 4.05. The Hall–Kier alpha value is -2.14. The van der Waals surface area contributed by atoms with Crippen molar-refractivity contribution in [1.29, 1.82) is 0 Å². The summed E-state index contributed by atoms with van der Waals surface area (Å²) in [6.45, 7) is 3.65. The zero-order chi connectivity index (χ0) is 15.9. The van der Waals surface area contributed by atoms with E-state index in [1.807, 2.05) is 37.3 Å². The molecule has 2 aromatic rings. The quantitative estimate of drug-likeness (QED) is 0.818. The molecule has 1 heterocycles. The number of carbonyl (C=O) groups is 1. The lowest BCUT2D eigenvalue weighted by molar-refractivity contribution is -0.145. The number of aryl methyl sites for hydroxylation is 1. The highest BCUT2D eigenvalue weighted by Crippen LogP contribution is 2.43. The molecule has 1 aliphatic heterocycles. The summed E-state index contributed by atoms with van der Waals surface area (Å²) < 4.78 is 26.6. The van der Waals surface area contributed by atoms with Crippen LogP contribution in [-0.2, 0) is 14.8 Å². The van der Waals surface area contributed by atoms with Gasteiger partial charge in [0.1, 0.15) is 0 Å². The Morgan fingerprint density at radius 1 is 0.955 bits per heavy atom. The minimum absolute atomic E-state index is 0.152. The molecule has 2 unspecified atom stereocenters. The summed E-state index contributed by atoms with van der Waals surface area (Å²) in [6.07, 6.45) is 0. The van der Waals surface area contributed by atoms with Crippen LogP contribution in [0.3, 0.4) is 0 Å². The molecule has 5 heteroatoms. The molecule has 2 aromatic carbocycles. The minimum atomic E-state index is -3.81. The number of carbonyl (C=O) groups excluding carboxylic acids is 1. The van der Waals surface area contributed by atoms with E-state index in [2.05, 4.69) is 0 Å². The molecule has 1 aliphatic rings. The summed E-state index contributed by atoms with van der Waals surface area (Å²) in [4.78, 5) is 12.3. The van der Waals surface area contributed by atoms with Gasteiger partial charge in [0.15, 0.2) is 0 Å². The molecule has 0 aliphatic carbocycles. The molecule has 4 nitrogen and oxygen atoms in total. The highest BCUT2D eigenvalue weighted by molar-refractivity contribution is 7.89. The fraction of sp³-hybridized carbons (Fsp3) is 0.235. The van der Waals surface area contributed by atoms with Crippen LogP contribution in [0.25, 0.3) is 0 Å². The summed E-state index contributed by atoms with van der Waals surface area (Å²) in [6, 6.07) is 15.4. The number of hydrogen-bond donors (Lipinski definition) is 0. The average Bonchev–Trinajstić information content (AvgIpc) is 2.52. The van der Waals surface area contributed by atoms with E-state index in [9.17, 15) is 13.2 Å². The fourth-order valence-corrected chi connectivity index (χ4v) is 4.47. The maximum atomic E-state index is 12.8. The van der Waals surface area contributed by atoms with Crippen LogP contribution in [0, 0.1) is 12.8 Å². The summed E-state index contributed by atoms with van der Waals surface area (Å²) in [5, 5.41) is 0. The predicted octanol–water partition coefficient (Wildman–Crippen LogP) is 2.90. The molecule has 0 radical (unpaired) electrons. The van der Waals surface area contributed by atoms with Crippen molar-refractivity contribution in [2.75, 3.05) is 0 Å². The van der Waals surface area contributed by atoms with E-state index in [0.717, 1.165) is 15.4 Å². The fourth-order valence-electron chi connectivity index (χ4n) is 2.76. The smallest absolute Gasteiger partial charge is 0.267 e. The van der Waals surface area contributed by atoms with Crippen LogP contribution >= 0.6 is 0 Å². The molecule has 0 saturated carbocycles. The van der Waals surface area contributed by atoms with E-state index in [4.69, 9.17) is 0 Å². The first-order valence-electron chi connectivity index (χ1n) is 7.13. The second kappa shape index (κ2) is 5.25. The van der Waals surface area contributed by atoms with Crippen LogP contribution < -0.4 is 0 Å². The molecular formula is C17H17NO3S. The van der Waals surface area contributed by atoms with Crippen LogP contribution in [0.4, 0.5) is 0 Å². The molecule has 1 fully saturated rings. The van der Waals surface area contributed by atoms with Gasteiger partial charge < -0.3 is 0 Å². The van der Waals surface area contributed by atoms with Gasteiger partial charge in [-0.1, -0.05) is 55.0 Å². The monoisotopic (exact) mass is 315 g/mol. The van der Waals surface area contributed by atoms with E-state index in [-0.39, 0.29) is 16.7 Å². The summed E-state index contributed by atoms with van der Waals surface area (Å²) in [5.74, 6) is -0.683. The predicted molar refractivity (Wildman–Crippen MR) is 83.6 cm³/mol. The normalized spacial score (nSPS) is 21.5. The summed E-state index contributed by atoms with van der Waals surface area (Å²) in [7, 11) is -3.81. The van der Waals surface area contributed by atoms with Crippen molar-refractivity contribution in [2.24, 2.45) is 5.92 Å². The number of nitrogens with zero attached hydrogens (tertiary/aromatic N) is 1. The first kappa shape index (κ1) is 14.8. The molecule has 2 atom stereocenters. The van der Waals surface area contributed by atoms with Crippen LogP contribution in [0.1, 0.15) is 24.1 Å². The SMILES string of the molecule is Cc1ccc(S(=O)(=O)N2C(=O)C(C)C2c2ccccc2)cc1. The minimum Gasteiger partial charge on any atom is -0.273 e. The van der Waals surface area contributed by atoms with Crippen LogP contribution in [0.15, 0.2) is 59.5 Å². The topological polar surface area (TPSA) is 54.5 Å². The number of benzene rings is 2. The van der Waals surface area contributed by atoms with Gasteiger partial charge in [0.25, 0.3) is 10.0 Å². The lowest BCUT2D eigenvalue weighted by Gasteiger charge is -2.44. The van der Waals surface area contributed by atoms with Crippen LogP contribution in [0.2, 0.25) is 0 Å². The van der Waals surface area contributed by atoms with Gasteiger partial charge in [0.05, 0.1) is 16.9 Å². The Morgan fingerprint density at radius 2 is 1.55 bits per heavy atom. The van der Waals surface area contributed by atoms with Crippen molar-refractivity contribution in [3.05, 3.63) is 65.7 Å². The Morgan fingerprint density at radius 3 is 2.14 bits per heavy atom. The Kier molecular flexibility index (Phi) is 3.53. The first-order valence-corrected chi connectivity index (χ1v) is 8.57. The van der Waals surface area contributed by atoms with Crippen molar-refractivity contribution in [3.63, 3.8) is 0 Å².